The Bertz CT molecular complexity index is 1210. The van der Waals surface area contributed by atoms with Crippen molar-refractivity contribution in [1.29, 1.82) is 0 Å². The molecule has 2 aromatic carbocycles. The zero-order valence-corrected chi connectivity index (χ0v) is 19.8. The Hall–Kier alpha value is -2.52. The van der Waals surface area contributed by atoms with E-state index in [0.717, 1.165) is 4.47 Å². The third kappa shape index (κ3) is 4.79. The van der Waals surface area contributed by atoms with Crippen LogP contribution in [0.4, 0.5) is 0 Å². The summed E-state index contributed by atoms with van der Waals surface area (Å²) >= 11 is 6.79. The molecule has 0 saturated carbocycles. The number of fused-ring (bicyclic) bond motifs is 1. The van der Waals surface area contributed by atoms with E-state index in [0.29, 0.717) is 51.3 Å². The number of aryl methyl sites for hydroxylation is 1. The Morgan fingerprint density at radius 3 is 2.67 bits per heavy atom. The number of carbonyl (C=O) groups excluding carboxylic acids is 1. The monoisotopic (exact) mass is 535 g/mol. The molecule has 0 atom stereocenters. The van der Waals surface area contributed by atoms with E-state index in [4.69, 9.17) is 9.47 Å². The first-order chi connectivity index (χ1) is 14.3. The molecule has 0 aliphatic carbocycles. The number of halogens is 2. The normalized spacial score (nSPS) is 11.2. The molecule has 0 fully saturated rings. The highest BCUT2D eigenvalue weighted by atomic mass is 79.9. The van der Waals surface area contributed by atoms with Gasteiger partial charge in [-0.15, -0.1) is 0 Å². The van der Waals surface area contributed by atoms with E-state index in [1.807, 2.05) is 19.9 Å². The Morgan fingerprint density at radius 1 is 1.23 bits per heavy atom. The van der Waals surface area contributed by atoms with Gasteiger partial charge in [0.25, 0.3) is 5.56 Å². The molecule has 0 radical (unpaired) electrons. The molecular weight excluding hydrogens is 518 g/mol. The van der Waals surface area contributed by atoms with Gasteiger partial charge in [-0.1, -0.05) is 22.9 Å². The summed E-state index contributed by atoms with van der Waals surface area (Å²) in [5, 5.41) is 4.85. The van der Waals surface area contributed by atoms with Gasteiger partial charge < -0.3 is 9.47 Å². The molecule has 0 aliphatic heterocycles. The van der Waals surface area contributed by atoms with Gasteiger partial charge in [0, 0.05) is 17.8 Å². The fourth-order valence-corrected chi connectivity index (χ4v) is 3.74. The molecule has 30 heavy (non-hydrogen) atoms. The van der Waals surface area contributed by atoms with Gasteiger partial charge >= 0.3 is 5.97 Å². The van der Waals surface area contributed by atoms with Gasteiger partial charge in [-0.25, -0.2) is 4.98 Å². The van der Waals surface area contributed by atoms with Crippen LogP contribution in [0.25, 0.3) is 10.9 Å². The number of nitrogens with zero attached hydrogens (tertiary/aromatic N) is 3. The van der Waals surface area contributed by atoms with Crippen LogP contribution in [0, 0.1) is 0 Å². The highest BCUT2D eigenvalue weighted by Crippen LogP contribution is 2.36. The molecule has 1 aromatic heterocycles. The number of rotatable bonds is 6. The van der Waals surface area contributed by atoms with E-state index in [1.165, 1.54) is 17.8 Å². The van der Waals surface area contributed by atoms with E-state index in [2.05, 4.69) is 41.9 Å². The molecule has 156 valence electrons. The lowest BCUT2D eigenvalue weighted by Gasteiger charge is -2.12. The van der Waals surface area contributed by atoms with Crippen molar-refractivity contribution in [2.24, 2.45) is 5.10 Å². The average molecular weight is 537 g/mol. The summed E-state index contributed by atoms with van der Waals surface area (Å²) < 4.78 is 13.5. The van der Waals surface area contributed by atoms with Crippen molar-refractivity contribution in [1.82, 2.24) is 9.66 Å². The van der Waals surface area contributed by atoms with Crippen LogP contribution >= 0.6 is 31.9 Å². The van der Waals surface area contributed by atoms with E-state index in [1.54, 1.807) is 24.3 Å². The fraction of sp³-hybridized carbons (Fsp3) is 0.238. The van der Waals surface area contributed by atoms with Crippen LogP contribution in [0.5, 0.6) is 11.5 Å². The first-order valence-corrected chi connectivity index (χ1v) is 10.8. The van der Waals surface area contributed by atoms with Gasteiger partial charge in [0.2, 0.25) is 0 Å². The lowest BCUT2D eigenvalue weighted by atomic mass is 10.2. The maximum absolute atomic E-state index is 13.0. The standard InChI is InChI=1S/C21H19Br2N3O4/c1-4-19-25-17-7-6-14(22)10-15(17)21(28)26(19)24-11-13-8-16(23)20(30-12(3)27)18(9-13)29-5-2/h6-11H,4-5H2,1-3H3. The van der Waals surface area contributed by atoms with Crippen molar-refractivity contribution in [3.8, 4) is 11.5 Å². The quantitative estimate of drug-likeness (QED) is 0.259. The second-order valence-corrected chi connectivity index (χ2v) is 8.03. The van der Waals surface area contributed by atoms with Crippen molar-refractivity contribution in [3.05, 3.63) is 61.0 Å². The van der Waals surface area contributed by atoms with Crippen LogP contribution in [0.2, 0.25) is 0 Å². The van der Waals surface area contributed by atoms with Crippen molar-refractivity contribution in [2.45, 2.75) is 27.2 Å². The number of esters is 1. The summed E-state index contributed by atoms with van der Waals surface area (Å²) in [5.74, 6) is 0.787. The number of hydrogen-bond acceptors (Lipinski definition) is 6. The molecule has 0 aliphatic rings. The predicted molar refractivity (Wildman–Crippen MR) is 123 cm³/mol. The third-order valence-corrected chi connectivity index (χ3v) is 5.17. The fourth-order valence-electron chi connectivity index (χ4n) is 2.84. The molecule has 1 heterocycles. The van der Waals surface area contributed by atoms with E-state index in [9.17, 15) is 9.59 Å². The molecule has 0 N–H and O–H groups in total. The second-order valence-electron chi connectivity index (χ2n) is 6.26. The number of aromatic nitrogens is 2. The summed E-state index contributed by atoms with van der Waals surface area (Å²) in [7, 11) is 0. The maximum atomic E-state index is 13.0. The van der Waals surface area contributed by atoms with E-state index >= 15 is 0 Å². The summed E-state index contributed by atoms with van der Waals surface area (Å²) in [6.07, 6.45) is 2.08. The summed E-state index contributed by atoms with van der Waals surface area (Å²) in [6.45, 7) is 5.46. The summed E-state index contributed by atoms with van der Waals surface area (Å²) in [4.78, 5) is 28.9. The molecule has 0 spiro atoms. The molecule has 7 nitrogen and oxygen atoms in total. The smallest absolute Gasteiger partial charge is 0.308 e. The van der Waals surface area contributed by atoms with Gasteiger partial charge in [0.05, 0.1) is 28.2 Å². The minimum absolute atomic E-state index is 0.255. The van der Waals surface area contributed by atoms with Crippen LogP contribution in [-0.4, -0.2) is 28.5 Å². The highest BCUT2D eigenvalue weighted by Gasteiger charge is 2.14. The number of ether oxygens (including phenoxy) is 2. The Morgan fingerprint density at radius 2 is 2.00 bits per heavy atom. The molecule has 0 saturated heterocycles. The molecule has 3 aromatic rings. The second kappa shape index (κ2) is 9.53. The minimum Gasteiger partial charge on any atom is -0.490 e. The summed E-state index contributed by atoms with van der Waals surface area (Å²) in [6, 6.07) is 8.80. The first-order valence-electron chi connectivity index (χ1n) is 9.24. The van der Waals surface area contributed by atoms with Crippen LogP contribution < -0.4 is 15.0 Å². The van der Waals surface area contributed by atoms with Crippen molar-refractivity contribution in [3.63, 3.8) is 0 Å². The Balaban J connectivity index is 2.09. The summed E-state index contributed by atoms with van der Waals surface area (Å²) in [5.41, 5.74) is 1.03. The van der Waals surface area contributed by atoms with Crippen LogP contribution in [0.1, 0.15) is 32.2 Å². The zero-order chi connectivity index (χ0) is 21.8. The first kappa shape index (κ1) is 22.2. The molecular formula is C21H19Br2N3O4. The maximum Gasteiger partial charge on any atom is 0.308 e. The van der Waals surface area contributed by atoms with Crippen LogP contribution in [-0.2, 0) is 11.2 Å². The Kier molecular flexibility index (Phi) is 7.04. The topological polar surface area (TPSA) is 82.8 Å². The average Bonchev–Trinajstić information content (AvgIpc) is 2.70. The molecule has 3 rings (SSSR count). The van der Waals surface area contributed by atoms with Gasteiger partial charge in [0.15, 0.2) is 11.5 Å². The predicted octanol–water partition coefficient (Wildman–Crippen LogP) is 4.69. The van der Waals surface area contributed by atoms with Crippen molar-refractivity contribution < 1.29 is 14.3 Å². The number of benzene rings is 2. The van der Waals surface area contributed by atoms with Crippen molar-refractivity contribution >= 4 is 54.9 Å². The lowest BCUT2D eigenvalue weighted by molar-refractivity contribution is -0.132. The molecule has 0 unspecified atom stereocenters. The molecule has 0 amide bonds. The lowest BCUT2D eigenvalue weighted by Crippen LogP contribution is -2.22. The van der Waals surface area contributed by atoms with E-state index in [-0.39, 0.29) is 5.56 Å². The number of hydrogen-bond donors (Lipinski definition) is 0. The van der Waals surface area contributed by atoms with E-state index < -0.39 is 5.97 Å². The van der Waals surface area contributed by atoms with Crippen LogP contribution in [0.3, 0.4) is 0 Å². The zero-order valence-electron chi connectivity index (χ0n) is 16.6. The minimum atomic E-state index is -0.453. The number of carbonyl (C=O) groups is 1. The van der Waals surface area contributed by atoms with Gasteiger partial charge in [-0.05, 0) is 58.7 Å². The largest absolute Gasteiger partial charge is 0.490 e. The third-order valence-electron chi connectivity index (χ3n) is 4.09. The SMILES string of the molecule is CCOc1cc(C=Nn2c(CC)nc3ccc(Br)cc3c2=O)cc(Br)c1OC(C)=O. The molecule has 9 heteroatoms. The van der Waals surface area contributed by atoms with Gasteiger partial charge in [0.1, 0.15) is 5.82 Å². The van der Waals surface area contributed by atoms with Gasteiger partial charge in [-0.3, -0.25) is 9.59 Å². The molecule has 0 bridgehead atoms. The highest BCUT2D eigenvalue weighted by molar-refractivity contribution is 9.10. The Labute approximate surface area is 190 Å². The van der Waals surface area contributed by atoms with Crippen molar-refractivity contribution in [2.75, 3.05) is 6.61 Å². The van der Waals surface area contributed by atoms with Gasteiger partial charge in [-0.2, -0.15) is 9.78 Å². The van der Waals surface area contributed by atoms with Crippen LogP contribution in [0.15, 0.2) is 49.2 Å².